The third-order valence-electron chi connectivity index (χ3n) is 3.37. The number of rotatable bonds is 7. The highest BCUT2D eigenvalue weighted by Crippen LogP contribution is 2.25. The van der Waals surface area contributed by atoms with Gasteiger partial charge in [0.1, 0.15) is 5.75 Å². The minimum atomic E-state index is -0.225. The molecule has 142 valence electrons. The van der Waals surface area contributed by atoms with E-state index in [9.17, 15) is 4.79 Å². The molecular formula is C19H21BrN4O2S. The summed E-state index contributed by atoms with van der Waals surface area (Å²) < 4.78 is 6.30. The molecule has 0 heterocycles. The lowest BCUT2D eigenvalue weighted by Crippen LogP contribution is -2.31. The Morgan fingerprint density at radius 2 is 2.00 bits per heavy atom. The van der Waals surface area contributed by atoms with Crippen LogP contribution in [0.1, 0.15) is 18.1 Å². The van der Waals surface area contributed by atoms with Crippen LogP contribution >= 0.6 is 28.1 Å². The average Bonchev–Trinajstić information content (AvgIpc) is 2.63. The van der Waals surface area contributed by atoms with Crippen molar-refractivity contribution >= 4 is 51.1 Å². The van der Waals surface area contributed by atoms with Crippen molar-refractivity contribution in [1.82, 2.24) is 10.7 Å². The summed E-state index contributed by atoms with van der Waals surface area (Å²) >= 11 is 8.46. The highest BCUT2D eigenvalue weighted by Gasteiger charge is 2.07. The second-order valence-corrected chi connectivity index (χ2v) is 6.88. The van der Waals surface area contributed by atoms with Gasteiger partial charge in [0.05, 0.1) is 10.7 Å². The number of amides is 1. The lowest BCUT2D eigenvalue weighted by Gasteiger charge is -2.09. The first-order valence-corrected chi connectivity index (χ1v) is 9.54. The maximum absolute atomic E-state index is 12.0. The molecule has 8 heteroatoms. The molecule has 2 rings (SSSR count). The van der Waals surface area contributed by atoms with E-state index in [1.54, 1.807) is 12.3 Å². The molecule has 2 aromatic carbocycles. The molecule has 1 amide bonds. The molecule has 27 heavy (non-hydrogen) atoms. The van der Waals surface area contributed by atoms with E-state index in [1.807, 2.05) is 50.2 Å². The predicted molar refractivity (Wildman–Crippen MR) is 116 cm³/mol. The largest absolute Gasteiger partial charge is 0.483 e. The smallest absolute Gasteiger partial charge is 0.262 e. The number of ether oxygens (including phenoxy) is 1. The Morgan fingerprint density at radius 1 is 1.26 bits per heavy atom. The van der Waals surface area contributed by atoms with Crippen LogP contribution in [0.5, 0.6) is 5.75 Å². The number of carbonyl (C=O) groups excluding carboxylic acids is 1. The third kappa shape index (κ3) is 7.36. The molecule has 0 aliphatic heterocycles. The number of anilines is 1. The average molecular weight is 449 g/mol. The summed E-state index contributed by atoms with van der Waals surface area (Å²) in [5.41, 5.74) is 5.45. The minimum absolute atomic E-state index is 0.0849. The highest BCUT2D eigenvalue weighted by molar-refractivity contribution is 9.10. The molecule has 0 aliphatic carbocycles. The molecule has 2 aromatic rings. The molecule has 0 radical (unpaired) electrons. The van der Waals surface area contributed by atoms with Crippen molar-refractivity contribution in [3.8, 4) is 5.75 Å². The second-order valence-electron chi connectivity index (χ2n) is 5.62. The zero-order valence-corrected chi connectivity index (χ0v) is 17.5. The van der Waals surface area contributed by atoms with Gasteiger partial charge in [0.25, 0.3) is 5.91 Å². The van der Waals surface area contributed by atoms with Gasteiger partial charge >= 0.3 is 0 Å². The van der Waals surface area contributed by atoms with Gasteiger partial charge in [0, 0.05) is 12.2 Å². The van der Waals surface area contributed by atoms with Crippen LogP contribution in [-0.2, 0) is 4.79 Å². The van der Waals surface area contributed by atoms with Crippen LogP contribution in [0, 0.1) is 6.92 Å². The quantitative estimate of drug-likeness (QED) is 0.342. The van der Waals surface area contributed by atoms with Crippen LogP contribution in [0.3, 0.4) is 0 Å². The fourth-order valence-electron chi connectivity index (χ4n) is 2.06. The molecule has 0 unspecified atom stereocenters. The Bertz CT molecular complexity index is 825. The fraction of sp³-hybridized carbons (Fsp3) is 0.211. The topological polar surface area (TPSA) is 74.8 Å². The zero-order valence-electron chi connectivity index (χ0n) is 15.1. The van der Waals surface area contributed by atoms with E-state index < -0.39 is 0 Å². The molecule has 0 aromatic heterocycles. The van der Waals surface area contributed by atoms with Crippen molar-refractivity contribution in [1.29, 1.82) is 0 Å². The summed E-state index contributed by atoms with van der Waals surface area (Å²) in [6, 6.07) is 13.0. The van der Waals surface area contributed by atoms with E-state index in [-0.39, 0.29) is 12.5 Å². The molecule has 0 spiro atoms. The van der Waals surface area contributed by atoms with Gasteiger partial charge in [-0.25, -0.2) is 0 Å². The van der Waals surface area contributed by atoms with E-state index >= 15 is 0 Å². The summed E-state index contributed by atoms with van der Waals surface area (Å²) in [6.07, 6.45) is 1.64. The van der Waals surface area contributed by atoms with E-state index in [2.05, 4.69) is 37.1 Å². The maximum Gasteiger partial charge on any atom is 0.262 e. The number of aryl methyl sites for hydroxylation is 1. The van der Waals surface area contributed by atoms with Crippen LogP contribution in [0.4, 0.5) is 5.69 Å². The van der Waals surface area contributed by atoms with Gasteiger partial charge in [-0.1, -0.05) is 17.7 Å². The van der Waals surface area contributed by atoms with Crippen LogP contribution in [0.15, 0.2) is 52.0 Å². The number of benzene rings is 2. The van der Waals surface area contributed by atoms with E-state index in [0.29, 0.717) is 10.9 Å². The number of nitrogens with zero attached hydrogens (tertiary/aromatic N) is 1. The summed E-state index contributed by atoms with van der Waals surface area (Å²) in [5.74, 6) is 0.347. The van der Waals surface area contributed by atoms with Crippen molar-refractivity contribution in [3.05, 3.63) is 58.1 Å². The minimum Gasteiger partial charge on any atom is -0.483 e. The van der Waals surface area contributed by atoms with Gasteiger partial charge in [0.15, 0.2) is 11.7 Å². The number of hydrogen-bond acceptors (Lipinski definition) is 4. The maximum atomic E-state index is 12.0. The van der Waals surface area contributed by atoms with Crippen molar-refractivity contribution < 1.29 is 9.53 Å². The first-order valence-electron chi connectivity index (χ1n) is 8.33. The SMILES string of the molecule is CCNC(=S)N/N=C\c1ccc(OCC(=O)Nc2ccc(C)cc2)c(Br)c1. The number of hydrazone groups is 1. The Balaban J connectivity index is 1.86. The molecule has 0 saturated carbocycles. The van der Waals surface area contributed by atoms with Crippen molar-refractivity contribution in [2.75, 3.05) is 18.5 Å². The molecular weight excluding hydrogens is 428 g/mol. The lowest BCUT2D eigenvalue weighted by atomic mass is 10.2. The normalized spacial score (nSPS) is 10.5. The molecule has 0 bridgehead atoms. The third-order valence-corrected chi connectivity index (χ3v) is 4.22. The second kappa shape index (κ2) is 10.6. The van der Waals surface area contributed by atoms with Crippen LogP contribution in [0.2, 0.25) is 0 Å². The molecule has 0 atom stereocenters. The number of halogens is 1. The van der Waals surface area contributed by atoms with Gasteiger partial charge in [0.2, 0.25) is 0 Å². The Labute approximate surface area is 172 Å². The molecule has 6 nitrogen and oxygen atoms in total. The summed E-state index contributed by atoms with van der Waals surface area (Å²) in [7, 11) is 0. The van der Waals surface area contributed by atoms with Crippen molar-refractivity contribution in [2.45, 2.75) is 13.8 Å². The summed E-state index contributed by atoms with van der Waals surface area (Å²) in [6.45, 7) is 4.59. The standard InChI is InChI=1S/C19H21BrN4O2S/c1-3-21-19(27)24-22-11-14-6-9-17(16(20)10-14)26-12-18(25)23-15-7-4-13(2)5-8-15/h4-11H,3,12H2,1-2H3,(H,23,25)(H2,21,24,27)/b22-11-. The number of thiocarbonyl (C=S) groups is 1. The van der Waals surface area contributed by atoms with Crippen LogP contribution in [0.25, 0.3) is 0 Å². The van der Waals surface area contributed by atoms with Gasteiger partial charge in [-0.15, -0.1) is 0 Å². The van der Waals surface area contributed by atoms with Crippen LogP contribution < -0.4 is 20.8 Å². The van der Waals surface area contributed by atoms with E-state index in [1.165, 1.54) is 0 Å². The van der Waals surface area contributed by atoms with E-state index in [4.69, 9.17) is 17.0 Å². The first kappa shape index (κ1) is 20.9. The number of hydrogen-bond donors (Lipinski definition) is 3. The first-order chi connectivity index (χ1) is 13.0. The molecule has 3 N–H and O–H groups in total. The highest BCUT2D eigenvalue weighted by atomic mass is 79.9. The Hall–Kier alpha value is -2.45. The van der Waals surface area contributed by atoms with E-state index in [0.717, 1.165) is 27.8 Å². The fourth-order valence-corrected chi connectivity index (χ4v) is 2.77. The number of nitrogens with one attached hydrogen (secondary N) is 3. The predicted octanol–water partition coefficient (Wildman–Crippen LogP) is 3.59. The van der Waals surface area contributed by atoms with Gasteiger partial charge < -0.3 is 15.4 Å². The Morgan fingerprint density at radius 3 is 2.67 bits per heavy atom. The van der Waals surface area contributed by atoms with Crippen LogP contribution in [-0.4, -0.2) is 30.4 Å². The molecule has 0 fully saturated rings. The monoisotopic (exact) mass is 448 g/mol. The molecule has 0 saturated heterocycles. The van der Waals surface area contributed by atoms with Gasteiger partial charge in [-0.05, 0) is 77.9 Å². The molecule has 0 aliphatic rings. The van der Waals surface area contributed by atoms with Gasteiger partial charge in [-0.2, -0.15) is 5.10 Å². The Kier molecular flexibility index (Phi) is 8.22. The summed E-state index contributed by atoms with van der Waals surface area (Å²) in [4.78, 5) is 12.0. The number of carbonyl (C=O) groups is 1. The summed E-state index contributed by atoms with van der Waals surface area (Å²) in [5, 5.41) is 10.3. The van der Waals surface area contributed by atoms with Gasteiger partial charge in [-0.3, -0.25) is 10.2 Å². The van der Waals surface area contributed by atoms with Crippen molar-refractivity contribution in [2.24, 2.45) is 5.10 Å². The lowest BCUT2D eigenvalue weighted by molar-refractivity contribution is -0.118. The zero-order chi connectivity index (χ0) is 19.6. The van der Waals surface area contributed by atoms with Crippen molar-refractivity contribution in [3.63, 3.8) is 0 Å².